The summed E-state index contributed by atoms with van der Waals surface area (Å²) in [7, 11) is 0. The molecule has 2 rings (SSSR count). The van der Waals surface area contributed by atoms with E-state index in [0.717, 1.165) is 25.1 Å². The van der Waals surface area contributed by atoms with Gasteiger partial charge in [0.25, 0.3) is 0 Å². The summed E-state index contributed by atoms with van der Waals surface area (Å²) in [6, 6.07) is 0. The zero-order chi connectivity index (χ0) is 11.6. The normalized spacial score (nSPS) is 19.7. The number of unbranched alkanes of at least 4 members (excludes halogenated alkanes) is 1. The molecule has 0 bridgehead atoms. The SMILES string of the molecule is CCCCc1noc(CN2CC(C)(O)C2)n1. The Morgan fingerprint density at radius 3 is 2.88 bits per heavy atom. The van der Waals surface area contributed by atoms with Gasteiger partial charge in [0.2, 0.25) is 5.89 Å². The van der Waals surface area contributed by atoms with Crippen molar-refractivity contribution in [2.45, 2.75) is 45.3 Å². The van der Waals surface area contributed by atoms with Gasteiger partial charge in [0.05, 0.1) is 12.1 Å². The summed E-state index contributed by atoms with van der Waals surface area (Å²) in [5.41, 5.74) is -0.537. The largest absolute Gasteiger partial charge is 0.388 e. The van der Waals surface area contributed by atoms with E-state index in [-0.39, 0.29) is 0 Å². The first-order chi connectivity index (χ1) is 7.59. The standard InChI is InChI=1S/C11H19N3O2/c1-3-4-5-9-12-10(16-13-9)6-14-7-11(2,15)8-14/h15H,3-8H2,1-2H3. The molecule has 90 valence electrons. The number of aromatic nitrogens is 2. The summed E-state index contributed by atoms with van der Waals surface area (Å²) < 4.78 is 5.15. The van der Waals surface area contributed by atoms with Crippen molar-refractivity contribution < 1.29 is 9.63 Å². The highest BCUT2D eigenvalue weighted by Gasteiger charge is 2.36. The molecule has 2 heterocycles. The average Bonchev–Trinajstić information content (AvgIpc) is 2.60. The number of likely N-dealkylation sites (tertiary alicyclic amines) is 1. The minimum absolute atomic E-state index is 0.537. The quantitative estimate of drug-likeness (QED) is 0.809. The third-order valence-corrected chi connectivity index (χ3v) is 2.75. The Morgan fingerprint density at radius 2 is 2.25 bits per heavy atom. The van der Waals surface area contributed by atoms with Gasteiger partial charge in [-0.15, -0.1) is 0 Å². The molecular weight excluding hydrogens is 206 g/mol. The van der Waals surface area contributed by atoms with Crippen molar-refractivity contribution in [1.82, 2.24) is 15.0 Å². The monoisotopic (exact) mass is 225 g/mol. The van der Waals surface area contributed by atoms with E-state index in [1.807, 2.05) is 6.92 Å². The van der Waals surface area contributed by atoms with Crippen LogP contribution in [0.15, 0.2) is 4.52 Å². The highest BCUT2D eigenvalue weighted by Crippen LogP contribution is 2.21. The van der Waals surface area contributed by atoms with E-state index in [0.29, 0.717) is 25.5 Å². The third kappa shape index (κ3) is 2.80. The third-order valence-electron chi connectivity index (χ3n) is 2.75. The molecule has 0 spiro atoms. The Hall–Kier alpha value is -0.940. The lowest BCUT2D eigenvalue weighted by Gasteiger charge is -2.43. The molecule has 1 aromatic heterocycles. The zero-order valence-corrected chi connectivity index (χ0v) is 9.94. The molecule has 1 aliphatic rings. The van der Waals surface area contributed by atoms with Gasteiger partial charge in [-0.3, -0.25) is 4.90 Å². The van der Waals surface area contributed by atoms with Crippen LogP contribution in [0.1, 0.15) is 38.4 Å². The van der Waals surface area contributed by atoms with Crippen LogP contribution in [0, 0.1) is 0 Å². The van der Waals surface area contributed by atoms with Crippen LogP contribution in [-0.2, 0) is 13.0 Å². The van der Waals surface area contributed by atoms with Gasteiger partial charge >= 0.3 is 0 Å². The molecule has 0 radical (unpaired) electrons. The number of nitrogens with zero attached hydrogens (tertiary/aromatic N) is 3. The number of hydrogen-bond donors (Lipinski definition) is 1. The Labute approximate surface area is 95.4 Å². The maximum absolute atomic E-state index is 9.57. The lowest BCUT2D eigenvalue weighted by molar-refractivity contribution is -0.0901. The number of aryl methyl sites for hydroxylation is 1. The summed E-state index contributed by atoms with van der Waals surface area (Å²) >= 11 is 0. The highest BCUT2D eigenvalue weighted by atomic mass is 16.5. The molecule has 1 fully saturated rings. The first-order valence-corrected chi connectivity index (χ1v) is 5.85. The maximum atomic E-state index is 9.57. The first-order valence-electron chi connectivity index (χ1n) is 5.85. The summed E-state index contributed by atoms with van der Waals surface area (Å²) in [4.78, 5) is 6.41. The lowest BCUT2D eigenvalue weighted by Crippen LogP contribution is -2.59. The molecule has 0 amide bonds. The summed E-state index contributed by atoms with van der Waals surface area (Å²) in [6.07, 6.45) is 3.12. The maximum Gasteiger partial charge on any atom is 0.240 e. The van der Waals surface area contributed by atoms with Crippen LogP contribution in [0.2, 0.25) is 0 Å². The van der Waals surface area contributed by atoms with Crippen molar-refractivity contribution in [2.24, 2.45) is 0 Å². The second-order valence-corrected chi connectivity index (χ2v) is 4.85. The van der Waals surface area contributed by atoms with E-state index in [2.05, 4.69) is 22.0 Å². The number of aliphatic hydroxyl groups is 1. The molecule has 5 nitrogen and oxygen atoms in total. The van der Waals surface area contributed by atoms with Crippen molar-refractivity contribution in [2.75, 3.05) is 13.1 Å². The van der Waals surface area contributed by atoms with Gasteiger partial charge in [0.1, 0.15) is 0 Å². The lowest BCUT2D eigenvalue weighted by atomic mass is 9.97. The van der Waals surface area contributed by atoms with Crippen LogP contribution in [0.4, 0.5) is 0 Å². The smallest absolute Gasteiger partial charge is 0.240 e. The molecule has 0 aliphatic carbocycles. The van der Waals surface area contributed by atoms with Crippen molar-refractivity contribution in [1.29, 1.82) is 0 Å². The van der Waals surface area contributed by atoms with Gasteiger partial charge in [-0.2, -0.15) is 4.98 Å². The first kappa shape index (κ1) is 11.5. The van der Waals surface area contributed by atoms with Crippen molar-refractivity contribution in [3.63, 3.8) is 0 Å². The fourth-order valence-electron chi connectivity index (χ4n) is 2.01. The van der Waals surface area contributed by atoms with E-state index in [9.17, 15) is 5.11 Å². The highest BCUT2D eigenvalue weighted by molar-refractivity contribution is 4.94. The predicted octanol–water partition coefficient (Wildman–Crippen LogP) is 0.979. The number of rotatable bonds is 5. The number of hydrogen-bond acceptors (Lipinski definition) is 5. The van der Waals surface area contributed by atoms with Gasteiger partial charge in [-0.1, -0.05) is 18.5 Å². The second-order valence-electron chi connectivity index (χ2n) is 4.85. The Morgan fingerprint density at radius 1 is 1.50 bits per heavy atom. The molecule has 0 aromatic carbocycles. The molecule has 0 unspecified atom stereocenters. The second kappa shape index (κ2) is 4.51. The molecule has 0 atom stereocenters. The van der Waals surface area contributed by atoms with E-state index < -0.39 is 5.60 Å². The van der Waals surface area contributed by atoms with Crippen LogP contribution in [0.3, 0.4) is 0 Å². The Kier molecular flexibility index (Phi) is 3.25. The molecule has 1 N–H and O–H groups in total. The summed E-state index contributed by atoms with van der Waals surface area (Å²) in [6.45, 7) is 5.99. The minimum Gasteiger partial charge on any atom is -0.388 e. The summed E-state index contributed by atoms with van der Waals surface area (Å²) in [5, 5.41) is 13.5. The van der Waals surface area contributed by atoms with Crippen LogP contribution in [0.25, 0.3) is 0 Å². The molecular formula is C11H19N3O2. The average molecular weight is 225 g/mol. The van der Waals surface area contributed by atoms with Crippen molar-refractivity contribution in [3.05, 3.63) is 11.7 Å². The van der Waals surface area contributed by atoms with Crippen molar-refractivity contribution >= 4 is 0 Å². The van der Waals surface area contributed by atoms with Crippen molar-refractivity contribution in [3.8, 4) is 0 Å². The van der Waals surface area contributed by atoms with Gasteiger partial charge in [0, 0.05) is 19.5 Å². The molecule has 5 heteroatoms. The topological polar surface area (TPSA) is 62.4 Å². The predicted molar refractivity (Wildman–Crippen MR) is 58.8 cm³/mol. The van der Waals surface area contributed by atoms with E-state index in [1.165, 1.54) is 0 Å². The zero-order valence-electron chi connectivity index (χ0n) is 9.94. The van der Waals surface area contributed by atoms with Gasteiger partial charge in [-0.25, -0.2) is 0 Å². The van der Waals surface area contributed by atoms with Gasteiger partial charge < -0.3 is 9.63 Å². The minimum atomic E-state index is -0.537. The van der Waals surface area contributed by atoms with Gasteiger partial charge in [0.15, 0.2) is 5.82 Å². The van der Waals surface area contributed by atoms with E-state index in [1.54, 1.807) is 0 Å². The Balaban J connectivity index is 1.80. The Bertz CT molecular complexity index is 341. The molecule has 1 aliphatic heterocycles. The molecule has 1 aromatic rings. The van der Waals surface area contributed by atoms with Crippen LogP contribution >= 0.6 is 0 Å². The fourth-order valence-corrected chi connectivity index (χ4v) is 2.01. The van der Waals surface area contributed by atoms with Crippen LogP contribution in [0.5, 0.6) is 0 Å². The van der Waals surface area contributed by atoms with Crippen LogP contribution < -0.4 is 0 Å². The fraction of sp³-hybridized carbons (Fsp3) is 0.818. The van der Waals surface area contributed by atoms with E-state index in [4.69, 9.17) is 4.52 Å². The van der Waals surface area contributed by atoms with Gasteiger partial charge in [-0.05, 0) is 13.3 Å². The van der Waals surface area contributed by atoms with E-state index >= 15 is 0 Å². The molecule has 0 saturated carbocycles. The number of β-amino-alcohol motifs (C(OH)–C–C–N with tert-alkyl or cyclic N) is 1. The molecule has 16 heavy (non-hydrogen) atoms. The van der Waals surface area contributed by atoms with Crippen LogP contribution in [-0.4, -0.2) is 38.8 Å². The molecule has 1 saturated heterocycles. The summed E-state index contributed by atoms with van der Waals surface area (Å²) in [5.74, 6) is 1.45.